The quantitative estimate of drug-likeness (QED) is 0.854. The van der Waals surface area contributed by atoms with Crippen LogP contribution in [0.25, 0.3) is 0 Å². The van der Waals surface area contributed by atoms with Crippen LogP contribution in [0.3, 0.4) is 0 Å². The van der Waals surface area contributed by atoms with Gasteiger partial charge in [-0.05, 0) is 30.9 Å². The van der Waals surface area contributed by atoms with Gasteiger partial charge in [0.25, 0.3) is 0 Å². The Morgan fingerprint density at radius 1 is 1.14 bits per heavy atom. The van der Waals surface area contributed by atoms with E-state index in [1.54, 1.807) is 6.07 Å². The zero-order valence-corrected chi connectivity index (χ0v) is 11.6. The van der Waals surface area contributed by atoms with E-state index in [0.29, 0.717) is 5.82 Å². The molecular formula is C14H18F3N3O. The van der Waals surface area contributed by atoms with Crippen molar-refractivity contribution in [2.75, 3.05) is 37.6 Å². The molecule has 7 heteroatoms. The normalized spacial score (nSPS) is 20.6. The minimum atomic E-state index is -4.67. The highest BCUT2D eigenvalue weighted by Gasteiger charge is 2.31. The fraction of sp³-hybridized carbons (Fsp3) is 0.643. The molecule has 0 amide bonds. The molecular weight excluding hydrogens is 283 g/mol. The van der Waals surface area contributed by atoms with Crippen LogP contribution in [0.2, 0.25) is 0 Å². The van der Waals surface area contributed by atoms with E-state index in [-0.39, 0.29) is 5.75 Å². The zero-order valence-electron chi connectivity index (χ0n) is 11.6. The van der Waals surface area contributed by atoms with Crippen molar-refractivity contribution in [3.8, 4) is 5.75 Å². The fourth-order valence-electron chi connectivity index (χ4n) is 2.58. The van der Waals surface area contributed by atoms with Gasteiger partial charge in [0.2, 0.25) is 0 Å². The van der Waals surface area contributed by atoms with Crippen molar-refractivity contribution in [2.24, 2.45) is 5.92 Å². The molecule has 0 radical (unpaired) electrons. The molecule has 21 heavy (non-hydrogen) atoms. The summed E-state index contributed by atoms with van der Waals surface area (Å²) in [6.45, 7) is 4.87. The molecule has 1 saturated heterocycles. The van der Waals surface area contributed by atoms with E-state index < -0.39 is 6.36 Å². The van der Waals surface area contributed by atoms with Crippen LogP contribution in [0.15, 0.2) is 18.3 Å². The second kappa shape index (κ2) is 5.71. The Hall–Kier alpha value is -1.50. The first-order valence-electron chi connectivity index (χ1n) is 7.19. The molecule has 2 aliphatic rings. The van der Waals surface area contributed by atoms with E-state index in [9.17, 15) is 13.2 Å². The summed E-state index contributed by atoms with van der Waals surface area (Å²) >= 11 is 0. The number of piperazine rings is 1. The zero-order chi connectivity index (χ0) is 14.9. The highest BCUT2D eigenvalue weighted by atomic mass is 19.4. The molecule has 1 aromatic heterocycles. The molecule has 3 rings (SSSR count). The summed E-state index contributed by atoms with van der Waals surface area (Å²) in [6.07, 6.45) is -0.845. The first kappa shape index (κ1) is 14.4. The highest BCUT2D eigenvalue weighted by molar-refractivity contribution is 5.41. The lowest BCUT2D eigenvalue weighted by molar-refractivity contribution is -0.274. The molecule has 0 atom stereocenters. The van der Waals surface area contributed by atoms with Crippen LogP contribution in [-0.2, 0) is 0 Å². The van der Waals surface area contributed by atoms with E-state index in [0.717, 1.165) is 38.3 Å². The van der Waals surface area contributed by atoms with Crippen molar-refractivity contribution in [2.45, 2.75) is 19.2 Å². The SMILES string of the molecule is FC(F)(F)Oc1ccc(N2CCN(CC3CC3)CC2)nc1. The fourth-order valence-corrected chi connectivity index (χ4v) is 2.58. The number of rotatable bonds is 4. The Labute approximate surface area is 121 Å². The van der Waals surface area contributed by atoms with Crippen LogP contribution in [0.1, 0.15) is 12.8 Å². The van der Waals surface area contributed by atoms with E-state index >= 15 is 0 Å². The molecule has 0 bridgehead atoms. The predicted octanol–water partition coefficient (Wildman–Crippen LogP) is 2.51. The molecule has 2 heterocycles. The van der Waals surface area contributed by atoms with Gasteiger partial charge in [-0.15, -0.1) is 13.2 Å². The summed E-state index contributed by atoms with van der Waals surface area (Å²) in [7, 11) is 0. The molecule has 2 fully saturated rings. The van der Waals surface area contributed by atoms with Crippen LogP contribution < -0.4 is 9.64 Å². The molecule has 0 spiro atoms. The van der Waals surface area contributed by atoms with Crippen molar-refractivity contribution in [1.82, 2.24) is 9.88 Å². The topological polar surface area (TPSA) is 28.6 Å². The van der Waals surface area contributed by atoms with Gasteiger partial charge in [0.15, 0.2) is 0 Å². The van der Waals surface area contributed by atoms with Gasteiger partial charge in [-0.25, -0.2) is 4.98 Å². The maximum absolute atomic E-state index is 12.1. The molecule has 1 aliphatic carbocycles. The maximum atomic E-state index is 12.1. The third-order valence-electron chi connectivity index (χ3n) is 3.86. The number of pyridine rings is 1. The van der Waals surface area contributed by atoms with E-state index in [4.69, 9.17) is 0 Å². The second-order valence-corrected chi connectivity index (χ2v) is 5.63. The Morgan fingerprint density at radius 2 is 1.86 bits per heavy atom. The number of anilines is 1. The minimum absolute atomic E-state index is 0.279. The Morgan fingerprint density at radius 3 is 2.38 bits per heavy atom. The highest BCUT2D eigenvalue weighted by Crippen LogP contribution is 2.30. The maximum Gasteiger partial charge on any atom is 0.573 e. The summed E-state index contributed by atoms with van der Waals surface area (Å²) in [5.74, 6) is 1.31. The van der Waals surface area contributed by atoms with Gasteiger partial charge < -0.3 is 9.64 Å². The second-order valence-electron chi connectivity index (χ2n) is 5.63. The van der Waals surface area contributed by atoms with Crippen LogP contribution in [0.5, 0.6) is 5.75 Å². The predicted molar refractivity (Wildman–Crippen MR) is 72.3 cm³/mol. The number of nitrogens with zero attached hydrogens (tertiary/aromatic N) is 3. The van der Waals surface area contributed by atoms with Crippen LogP contribution in [-0.4, -0.2) is 49.0 Å². The first-order valence-corrected chi connectivity index (χ1v) is 7.19. The summed E-state index contributed by atoms with van der Waals surface area (Å²) in [6, 6.07) is 2.89. The Balaban J connectivity index is 1.52. The average Bonchev–Trinajstić information content (AvgIpc) is 3.23. The summed E-state index contributed by atoms with van der Waals surface area (Å²) in [4.78, 5) is 8.62. The van der Waals surface area contributed by atoms with Gasteiger partial charge >= 0.3 is 6.36 Å². The van der Waals surface area contributed by atoms with Crippen molar-refractivity contribution in [1.29, 1.82) is 0 Å². The Bertz CT molecular complexity index is 465. The number of hydrogen-bond donors (Lipinski definition) is 0. The van der Waals surface area contributed by atoms with E-state index in [1.165, 1.54) is 25.5 Å². The third kappa shape index (κ3) is 4.23. The van der Waals surface area contributed by atoms with Gasteiger partial charge in [0, 0.05) is 32.7 Å². The van der Waals surface area contributed by atoms with Crippen LogP contribution >= 0.6 is 0 Å². The number of halogens is 3. The van der Waals surface area contributed by atoms with E-state index in [1.807, 2.05) is 0 Å². The number of aromatic nitrogens is 1. The van der Waals surface area contributed by atoms with E-state index in [2.05, 4.69) is 19.5 Å². The molecule has 1 aliphatic heterocycles. The summed E-state index contributed by atoms with van der Waals surface area (Å²) in [5, 5.41) is 0. The summed E-state index contributed by atoms with van der Waals surface area (Å²) < 4.78 is 40.1. The lowest BCUT2D eigenvalue weighted by Gasteiger charge is -2.35. The monoisotopic (exact) mass is 301 g/mol. The molecule has 1 aromatic rings. The molecule has 0 N–H and O–H groups in total. The number of alkyl halides is 3. The lowest BCUT2D eigenvalue weighted by atomic mass is 10.2. The smallest absolute Gasteiger partial charge is 0.404 e. The average molecular weight is 301 g/mol. The van der Waals surface area contributed by atoms with Gasteiger partial charge in [-0.2, -0.15) is 0 Å². The third-order valence-corrected chi connectivity index (χ3v) is 3.86. The molecule has 4 nitrogen and oxygen atoms in total. The lowest BCUT2D eigenvalue weighted by Crippen LogP contribution is -2.47. The number of ether oxygens (including phenoxy) is 1. The standard InChI is InChI=1S/C14H18F3N3O/c15-14(16,17)21-12-3-4-13(18-9-12)20-7-5-19(6-8-20)10-11-1-2-11/h3-4,9,11H,1-2,5-8,10H2. The van der Waals surface area contributed by atoms with Gasteiger partial charge in [0.05, 0.1) is 6.20 Å². The van der Waals surface area contributed by atoms with Crippen LogP contribution in [0.4, 0.5) is 19.0 Å². The van der Waals surface area contributed by atoms with Gasteiger partial charge in [-0.3, -0.25) is 4.90 Å². The largest absolute Gasteiger partial charge is 0.573 e. The molecule has 1 saturated carbocycles. The van der Waals surface area contributed by atoms with Crippen molar-refractivity contribution in [3.63, 3.8) is 0 Å². The molecule has 0 aromatic carbocycles. The number of hydrogen-bond acceptors (Lipinski definition) is 4. The minimum Gasteiger partial charge on any atom is -0.404 e. The van der Waals surface area contributed by atoms with Gasteiger partial charge in [-0.1, -0.05) is 0 Å². The van der Waals surface area contributed by atoms with Crippen molar-refractivity contribution in [3.05, 3.63) is 18.3 Å². The molecule has 116 valence electrons. The van der Waals surface area contributed by atoms with Crippen LogP contribution in [0, 0.1) is 5.92 Å². The van der Waals surface area contributed by atoms with Crippen molar-refractivity contribution < 1.29 is 17.9 Å². The Kier molecular flexibility index (Phi) is 3.93. The van der Waals surface area contributed by atoms with Crippen molar-refractivity contribution >= 4 is 5.82 Å². The van der Waals surface area contributed by atoms with Gasteiger partial charge in [0.1, 0.15) is 11.6 Å². The molecule has 0 unspecified atom stereocenters. The summed E-state index contributed by atoms with van der Waals surface area (Å²) in [5.41, 5.74) is 0. The first-order chi connectivity index (χ1) is 9.99.